The molecule has 4 nitrogen and oxygen atoms in total. The van der Waals surface area contributed by atoms with E-state index < -0.39 is 0 Å². The van der Waals surface area contributed by atoms with Gasteiger partial charge in [0.25, 0.3) is 0 Å². The summed E-state index contributed by atoms with van der Waals surface area (Å²) in [5, 5.41) is 2.81. The summed E-state index contributed by atoms with van der Waals surface area (Å²) in [5.74, 6) is 0.178. The van der Waals surface area contributed by atoms with E-state index in [1.807, 2.05) is 20.8 Å². The number of hydrogen-bond donors (Lipinski definition) is 2. The summed E-state index contributed by atoms with van der Waals surface area (Å²) in [6.07, 6.45) is 1.76. The van der Waals surface area contributed by atoms with Gasteiger partial charge in [0.15, 0.2) is 0 Å². The third-order valence-corrected chi connectivity index (χ3v) is 2.53. The third-order valence-electron chi connectivity index (χ3n) is 2.53. The zero-order chi connectivity index (χ0) is 11.7. The number of hydrogen-bond acceptors (Lipinski definition) is 3. The van der Waals surface area contributed by atoms with E-state index in [0.717, 1.165) is 19.4 Å². The maximum atomic E-state index is 11.5. The number of amides is 1. The fourth-order valence-corrected chi connectivity index (χ4v) is 1.16. The summed E-state index contributed by atoms with van der Waals surface area (Å²) < 4.78 is 5.16. The van der Waals surface area contributed by atoms with Crippen LogP contribution in [0.25, 0.3) is 0 Å². The Morgan fingerprint density at radius 3 is 2.67 bits per heavy atom. The molecular formula is C11H24N2O2. The lowest BCUT2D eigenvalue weighted by atomic mass is 9.99. The predicted octanol–water partition coefficient (Wildman–Crippen LogP) is 0.903. The van der Waals surface area contributed by atoms with Crippen molar-refractivity contribution in [3.8, 4) is 0 Å². The van der Waals surface area contributed by atoms with Gasteiger partial charge >= 0.3 is 0 Å². The minimum Gasteiger partial charge on any atom is -0.382 e. The van der Waals surface area contributed by atoms with Crippen molar-refractivity contribution in [1.29, 1.82) is 0 Å². The molecule has 4 heteroatoms. The Balaban J connectivity index is 3.56. The van der Waals surface area contributed by atoms with Crippen molar-refractivity contribution in [3.63, 3.8) is 0 Å². The smallest absolute Gasteiger partial charge is 0.237 e. The van der Waals surface area contributed by atoms with Gasteiger partial charge in [0.2, 0.25) is 5.91 Å². The van der Waals surface area contributed by atoms with E-state index in [1.165, 1.54) is 0 Å². The van der Waals surface area contributed by atoms with Gasteiger partial charge in [0.05, 0.1) is 6.04 Å². The molecule has 3 N–H and O–H groups in total. The zero-order valence-electron chi connectivity index (χ0n) is 10.1. The van der Waals surface area contributed by atoms with Crippen LogP contribution in [0.1, 0.15) is 33.6 Å². The van der Waals surface area contributed by atoms with Crippen LogP contribution in [0, 0.1) is 5.92 Å². The molecule has 0 saturated carbocycles. The molecule has 0 aromatic carbocycles. The number of carbonyl (C=O) groups excluding carboxylic acids is 1. The lowest BCUT2D eigenvalue weighted by molar-refractivity contribution is -0.123. The Bertz CT molecular complexity index is 174. The maximum Gasteiger partial charge on any atom is 0.237 e. The Hall–Kier alpha value is -0.610. The van der Waals surface area contributed by atoms with Gasteiger partial charge in [-0.05, 0) is 19.3 Å². The Morgan fingerprint density at radius 2 is 2.13 bits per heavy atom. The lowest BCUT2D eigenvalue weighted by Crippen LogP contribution is -2.44. The molecule has 0 bridgehead atoms. The number of nitrogens with two attached hydrogens (primary N) is 1. The molecule has 0 aromatic heterocycles. The van der Waals surface area contributed by atoms with Crippen molar-refractivity contribution in [2.24, 2.45) is 11.7 Å². The summed E-state index contributed by atoms with van der Waals surface area (Å²) >= 11 is 0. The Kier molecular flexibility index (Phi) is 8.33. The quantitative estimate of drug-likeness (QED) is 0.593. The molecule has 0 heterocycles. The van der Waals surface area contributed by atoms with Crippen molar-refractivity contribution >= 4 is 5.91 Å². The van der Waals surface area contributed by atoms with Crippen LogP contribution < -0.4 is 11.1 Å². The van der Waals surface area contributed by atoms with Crippen LogP contribution in [0.5, 0.6) is 0 Å². The van der Waals surface area contributed by atoms with E-state index >= 15 is 0 Å². The molecule has 15 heavy (non-hydrogen) atoms. The van der Waals surface area contributed by atoms with Crippen LogP contribution in [0.4, 0.5) is 0 Å². The highest BCUT2D eigenvalue weighted by Gasteiger charge is 2.18. The second-order valence-corrected chi connectivity index (χ2v) is 3.75. The van der Waals surface area contributed by atoms with Gasteiger partial charge < -0.3 is 15.8 Å². The van der Waals surface area contributed by atoms with Crippen molar-refractivity contribution in [2.45, 2.75) is 39.7 Å². The van der Waals surface area contributed by atoms with Gasteiger partial charge in [-0.2, -0.15) is 0 Å². The third kappa shape index (κ3) is 6.47. The fourth-order valence-electron chi connectivity index (χ4n) is 1.16. The van der Waals surface area contributed by atoms with Gasteiger partial charge in [-0.1, -0.05) is 20.3 Å². The molecule has 0 radical (unpaired) electrons. The van der Waals surface area contributed by atoms with Crippen LogP contribution in [-0.2, 0) is 9.53 Å². The minimum atomic E-state index is -0.387. The van der Waals surface area contributed by atoms with Crippen molar-refractivity contribution in [2.75, 3.05) is 19.8 Å². The van der Waals surface area contributed by atoms with E-state index in [-0.39, 0.29) is 17.9 Å². The van der Waals surface area contributed by atoms with E-state index in [2.05, 4.69) is 5.32 Å². The molecule has 0 fully saturated rings. The van der Waals surface area contributed by atoms with Crippen molar-refractivity contribution < 1.29 is 9.53 Å². The first kappa shape index (κ1) is 14.4. The zero-order valence-corrected chi connectivity index (χ0v) is 10.1. The first-order chi connectivity index (χ1) is 7.13. The predicted molar refractivity (Wildman–Crippen MR) is 61.6 cm³/mol. The summed E-state index contributed by atoms with van der Waals surface area (Å²) in [6, 6.07) is -0.387. The highest BCUT2D eigenvalue weighted by atomic mass is 16.5. The molecule has 0 spiro atoms. The topological polar surface area (TPSA) is 64.3 Å². The summed E-state index contributed by atoms with van der Waals surface area (Å²) in [4.78, 5) is 11.5. The number of rotatable bonds is 8. The van der Waals surface area contributed by atoms with Crippen LogP contribution in [0.15, 0.2) is 0 Å². The number of nitrogens with one attached hydrogen (secondary N) is 1. The molecule has 0 aliphatic carbocycles. The summed E-state index contributed by atoms with van der Waals surface area (Å²) in [6.45, 7) is 8.04. The maximum absolute atomic E-state index is 11.5. The second kappa shape index (κ2) is 8.68. The highest BCUT2D eigenvalue weighted by molar-refractivity contribution is 5.81. The van der Waals surface area contributed by atoms with Gasteiger partial charge in [-0.3, -0.25) is 4.79 Å². The lowest BCUT2D eigenvalue weighted by Gasteiger charge is -2.17. The van der Waals surface area contributed by atoms with Gasteiger partial charge in [0.1, 0.15) is 0 Å². The van der Waals surface area contributed by atoms with Crippen LogP contribution in [0.3, 0.4) is 0 Å². The SMILES string of the molecule is CCOCCCNC(=O)[C@@H](N)C(C)CC. The molecule has 90 valence electrons. The Labute approximate surface area is 92.6 Å². The fraction of sp³-hybridized carbons (Fsp3) is 0.909. The molecule has 0 saturated heterocycles. The largest absolute Gasteiger partial charge is 0.382 e. The first-order valence-corrected chi connectivity index (χ1v) is 5.74. The van der Waals surface area contributed by atoms with E-state index in [1.54, 1.807) is 0 Å². The summed E-state index contributed by atoms with van der Waals surface area (Å²) in [5.41, 5.74) is 5.77. The van der Waals surface area contributed by atoms with Gasteiger partial charge in [-0.25, -0.2) is 0 Å². The molecule has 0 rings (SSSR count). The number of carbonyl (C=O) groups is 1. The molecule has 1 amide bonds. The molecular weight excluding hydrogens is 192 g/mol. The highest BCUT2D eigenvalue weighted by Crippen LogP contribution is 2.04. The average Bonchev–Trinajstić information content (AvgIpc) is 2.26. The molecule has 1 unspecified atom stereocenters. The monoisotopic (exact) mass is 216 g/mol. The van der Waals surface area contributed by atoms with Crippen molar-refractivity contribution in [1.82, 2.24) is 5.32 Å². The molecule has 0 aliphatic rings. The summed E-state index contributed by atoms with van der Waals surface area (Å²) in [7, 11) is 0. The van der Waals surface area contributed by atoms with E-state index in [4.69, 9.17) is 10.5 Å². The van der Waals surface area contributed by atoms with E-state index in [9.17, 15) is 4.79 Å². The molecule has 0 aromatic rings. The normalized spacial score (nSPS) is 14.7. The van der Waals surface area contributed by atoms with Gasteiger partial charge in [-0.15, -0.1) is 0 Å². The first-order valence-electron chi connectivity index (χ1n) is 5.74. The van der Waals surface area contributed by atoms with Crippen LogP contribution in [0.2, 0.25) is 0 Å². The second-order valence-electron chi connectivity index (χ2n) is 3.75. The minimum absolute atomic E-state index is 0.0548. The Morgan fingerprint density at radius 1 is 1.47 bits per heavy atom. The van der Waals surface area contributed by atoms with Gasteiger partial charge in [0, 0.05) is 19.8 Å². The average molecular weight is 216 g/mol. The number of ether oxygens (including phenoxy) is 1. The standard InChI is InChI=1S/C11H24N2O2/c1-4-9(3)10(12)11(14)13-7-6-8-15-5-2/h9-10H,4-8,12H2,1-3H3,(H,13,14)/t9?,10-/m0/s1. The van der Waals surface area contributed by atoms with Crippen molar-refractivity contribution in [3.05, 3.63) is 0 Å². The van der Waals surface area contributed by atoms with E-state index in [0.29, 0.717) is 13.2 Å². The molecule has 2 atom stereocenters. The molecule has 0 aliphatic heterocycles. The van der Waals surface area contributed by atoms with Crippen LogP contribution in [-0.4, -0.2) is 31.7 Å². The van der Waals surface area contributed by atoms with Crippen LogP contribution >= 0.6 is 0 Å².